The smallest absolute Gasteiger partial charge is 0.387 e. The van der Waals surface area contributed by atoms with Crippen molar-refractivity contribution in [3.63, 3.8) is 0 Å². The Hall–Kier alpha value is -1.20. The molecular weight excluding hydrogens is 240 g/mol. The van der Waals surface area contributed by atoms with Crippen LogP contribution in [0.1, 0.15) is 31.2 Å². The van der Waals surface area contributed by atoms with E-state index in [0.717, 1.165) is 12.0 Å². The summed E-state index contributed by atoms with van der Waals surface area (Å²) in [7, 11) is 0. The molecule has 1 aromatic carbocycles. The number of hydrogen-bond acceptors (Lipinski definition) is 3. The van der Waals surface area contributed by atoms with Gasteiger partial charge in [-0.15, -0.1) is 0 Å². The van der Waals surface area contributed by atoms with Crippen molar-refractivity contribution in [2.45, 2.75) is 38.3 Å². The first-order valence-electron chi connectivity index (χ1n) is 5.99. The second-order valence-electron chi connectivity index (χ2n) is 4.14. The first-order valence-corrected chi connectivity index (χ1v) is 5.99. The maximum absolute atomic E-state index is 12.0. The molecule has 0 aliphatic rings. The summed E-state index contributed by atoms with van der Waals surface area (Å²) in [4.78, 5) is 0. The Morgan fingerprint density at radius 1 is 1.28 bits per heavy atom. The molecule has 0 spiro atoms. The molecule has 0 radical (unpaired) electrons. The van der Waals surface area contributed by atoms with Crippen LogP contribution in [0.5, 0.6) is 5.75 Å². The van der Waals surface area contributed by atoms with Gasteiger partial charge in [-0.2, -0.15) is 8.78 Å². The Balaban J connectivity index is 2.79. The van der Waals surface area contributed by atoms with E-state index >= 15 is 0 Å². The number of nitrogens with two attached hydrogens (primary N) is 1. The number of aliphatic hydroxyl groups excluding tert-OH is 1. The second-order valence-corrected chi connectivity index (χ2v) is 4.14. The summed E-state index contributed by atoms with van der Waals surface area (Å²) >= 11 is 0. The highest BCUT2D eigenvalue weighted by Gasteiger charge is 2.18. The first kappa shape index (κ1) is 14.9. The van der Waals surface area contributed by atoms with E-state index in [-0.39, 0.29) is 24.3 Å². The lowest BCUT2D eigenvalue weighted by Gasteiger charge is -2.22. The number of halogens is 2. The van der Waals surface area contributed by atoms with Crippen LogP contribution < -0.4 is 10.5 Å². The van der Waals surface area contributed by atoms with Gasteiger partial charge in [-0.05, 0) is 30.5 Å². The molecule has 0 aromatic heterocycles. The van der Waals surface area contributed by atoms with Gasteiger partial charge in [0.25, 0.3) is 0 Å². The average molecular weight is 259 g/mol. The van der Waals surface area contributed by atoms with E-state index < -0.39 is 6.61 Å². The molecule has 102 valence electrons. The molecule has 0 fully saturated rings. The predicted octanol–water partition coefficient (Wildman–Crippen LogP) is 2.49. The average Bonchev–Trinajstić information content (AvgIpc) is 2.35. The fourth-order valence-corrected chi connectivity index (χ4v) is 1.95. The Labute approximate surface area is 106 Å². The third-order valence-corrected chi connectivity index (χ3v) is 2.96. The summed E-state index contributed by atoms with van der Waals surface area (Å²) in [5.74, 6) is 0.155. The van der Waals surface area contributed by atoms with Crippen molar-refractivity contribution in [1.29, 1.82) is 0 Å². The van der Waals surface area contributed by atoms with Gasteiger partial charge < -0.3 is 15.6 Å². The zero-order valence-corrected chi connectivity index (χ0v) is 10.4. The minimum absolute atomic E-state index is 0.0283. The summed E-state index contributed by atoms with van der Waals surface area (Å²) in [6.07, 6.45) is 1.35. The maximum Gasteiger partial charge on any atom is 0.387 e. The second kappa shape index (κ2) is 7.28. The number of ether oxygens (including phenoxy) is 1. The summed E-state index contributed by atoms with van der Waals surface area (Å²) in [5, 5.41) is 9.04. The van der Waals surface area contributed by atoms with E-state index in [4.69, 9.17) is 10.8 Å². The molecule has 0 aliphatic heterocycles. The monoisotopic (exact) mass is 259 g/mol. The van der Waals surface area contributed by atoms with Gasteiger partial charge in [0.1, 0.15) is 5.75 Å². The fraction of sp³-hybridized carbons (Fsp3) is 0.538. The molecule has 3 nitrogen and oxygen atoms in total. The van der Waals surface area contributed by atoms with Crippen molar-refractivity contribution in [2.75, 3.05) is 6.61 Å². The summed E-state index contributed by atoms with van der Waals surface area (Å²) < 4.78 is 28.3. The first-order chi connectivity index (χ1) is 8.58. The van der Waals surface area contributed by atoms with Crippen LogP contribution in [-0.4, -0.2) is 24.4 Å². The Bertz CT molecular complexity index is 343. The Morgan fingerprint density at radius 3 is 2.33 bits per heavy atom. The lowest BCUT2D eigenvalue weighted by molar-refractivity contribution is -0.0498. The van der Waals surface area contributed by atoms with Crippen molar-refractivity contribution in [2.24, 2.45) is 5.73 Å². The van der Waals surface area contributed by atoms with E-state index in [1.54, 1.807) is 12.1 Å². The van der Waals surface area contributed by atoms with Crippen LogP contribution in [0.25, 0.3) is 0 Å². The molecule has 2 unspecified atom stereocenters. The van der Waals surface area contributed by atoms with Gasteiger partial charge in [0.2, 0.25) is 0 Å². The molecule has 0 amide bonds. The third kappa shape index (κ3) is 4.23. The van der Waals surface area contributed by atoms with Crippen molar-refractivity contribution >= 4 is 0 Å². The lowest BCUT2D eigenvalue weighted by atomic mass is 9.88. The quantitative estimate of drug-likeness (QED) is 0.791. The van der Waals surface area contributed by atoms with Gasteiger partial charge >= 0.3 is 6.61 Å². The topological polar surface area (TPSA) is 55.5 Å². The summed E-state index contributed by atoms with van der Waals surface area (Å²) in [6.45, 7) is -0.793. The van der Waals surface area contributed by atoms with Gasteiger partial charge in [0.15, 0.2) is 0 Å². The number of rotatable bonds is 7. The zero-order chi connectivity index (χ0) is 13.5. The Kier molecular flexibility index (Phi) is 6.01. The van der Waals surface area contributed by atoms with Crippen LogP contribution >= 0.6 is 0 Å². The highest BCUT2D eigenvalue weighted by molar-refractivity contribution is 5.30. The highest BCUT2D eigenvalue weighted by atomic mass is 19.3. The van der Waals surface area contributed by atoms with Crippen LogP contribution in [0.3, 0.4) is 0 Å². The van der Waals surface area contributed by atoms with Crippen LogP contribution in [0.2, 0.25) is 0 Å². The summed E-state index contributed by atoms with van der Waals surface area (Å²) in [6, 6.07) is 6.36. The minimum Gasteiger partial charge on any atom is -0.435 e. The van der Waals surface area contributed by atoms with Crippen LogP contribution in [-0.2, 0) is 0 Å². The van der Waals surface area contributed by atoms with E-state index in [0.29, 0.717) is 6.42 Å². The zero-order valence-electron chi connectivity index (χ0n) is 10.4. The molecule has 2 atom stereocenters. The maximum atomic E-state index is 12.0. The van der Waals surface area contributed by atoms with Crippen molar-refractivity contribution in [3.05, 3.63) is 29.8 Å². The number of aliphatic hydroxyl groups is 1. The third-order valence-electron chi connectivity index (χ3n) is 2.96. The fourth-order valence-electron chi connectivity index (χ4n) is 1.95. The Morgan fingerprint density at radius 2 is 1.89 bits per heavy atom. The molecule has 1 aromatic rings. The predicted molar refractivity (Wildman–Crippen MR) is 65.8 cm³/mol. The van der Waals surface area contributed by atoms with Crippen LogP contribution in [0.15, 0.2) is 24.3 Å². The van der Waals surface area contributed by atoms with E-state index in [1.165, 1.54) is 12.1 Å². The van der Waals surface area contributed by atoms with Gasteiger partial charge in [-0.25, -0.2) is 0 Å². The standard InChI is InChI=1S/C13H19F2NO2/c1-2-12(16)11(7-8-17)9-3-5-10(6-4-9)18-13(14)15/h3-6,11-13,17H,2,7-8,16H2,1H3. The SMILES string of the molecule is CCC(N)C(CCO)c1ccc(OC(F)F)cc1. The molecule has 0 bridgehead atoms. The molecule has 18 heavy (non-hydrogen) atoms. The van der Waals surface area contributed by atoms with Crippen LogP contribution in [0, 0.1) is 0 Å². The molecule has 0 aliphatic carbocycles. The summed E-state index contributed by atoms with van der Waals surface area (Å²) in [5.41, 5.74) is 6.92. The number of hydrogen-bond donors (Lipinski definition) is 2. The molecule has 5 heteroatoms. The molecule has 3 N–H and O–H groups in total. The van der Waals surface area contributed by atoms with Crippen molar-refractivity contribution in [3.8, 4) is 5.75 Å². The molecule has 0 heterocycles. The lowest BCUT2D eigenvalue weighted by Crippen LogP contribution is -2.28. The minimum atomic E-state index is -2.82. The number of benzene rings is 1. The molecular formula is C13H19F2NO2. The molecule has 1 rings (SSSR count). The normalized spacial score (nSPS) is 14.6. The molecule has 0 saturated heterocycles. The largest absolute Gasteiger partial charge is 0.435 e. The van der Waals surface area contributed by atoms with Crippen molar-refractivity contribution < 1.29 is 18.6 Å². The number of alkyl halides is 2. The van der Waals surface area contributed by atoms with Gasteiger partial charge in [-0.3, -0.25) is 0 Å². The molecule has 0 saturated carbocycles. The van der Waals surface area contributed by atoms with E-state index in [1.807, 2.05) is 6.92 Å². The van der Waals surface area contributed by atoms with Gasteiger partial charge in [0, 0.05) is 18.6 Å². The van der Waals surface area contributed by atoms with Crippen LogP contribution in [0.4, 0.5) is 8.78 Å². The highest BCUT2D eigenvalue weighted by Crippen LogP contribution is 2.26. The van der Waals surface area contributed by atoms with E-state index in [2.05, 4.69) is 4.74 Å². The van der Waals surface area contributed by atoms with Gasteiger partial charge in [-0.1, -0.05) is 19.1 Å². The van der Waals surface area contributed by atoms with Gasteiger partial charge in [0.05, 0.1) is 0 Å². The van der Waals surface area contributed by atoms with Crippen molar-refractivity contribution in [1.82, 2.24) is 0 Å². The van der Waals surface area contributed by atoms with E-state index in [9.17, 15) is 8.78 Å².